The Morgan fingerprint density at radius 2 is 1.85 bits per heavy atom. The van der Waals surface area contributed by atoms with Gasteiger partial charge in [0.1, 0.15) is 0 Å². The maximum Gasteiger partial charge on any atom is 0.0730 e. The van der Waals surface area contributed by atoms with Gasteiger partial charge in [-0.2, -0.15) is 0 Å². The number of rotatable bonds is 9. The number of nitrogens with one attached hydrogen (secondary N) is 1. The third-order valence-electron chi connectivity index (χ3n) is 5.35. The summed E-state index contributed by atoms with van der Waals surface area (Å²) in [4.78, 5) is 0. The molecule has 0 radical (unpaired) electrons. The normalized spacial score (nSPS) is 27.8. The van der Waals surface area contributed by atoms with Gasteiger partial charge in [0.15, 0.2) is 0 Å². The Balaban J connectivity index is 2.53. The molecular weight excluding hydrogens is 246 g/mol. The van der Waals surface area contributed by atoms with E-state index in [2.05, 4.69) is 39.9 Å². The standard InChI is InChI=1S/C18H37NO/c1-6-9-10-13-20-17-14-15(18(4,5)7-2)11-12-16(17)19-8-3/h15-17,19H,6-14H2,1-5H3. The third kappa shape index (κ3) is 5.37. The van der Waals surface area contributed by atoms with Crippen molar-refractivity contribution in [3.8, 4) is 0 Å². The van der Waals surface area contributed by atoms with E-state index in [9.17, 15) is 0 Å². The predicted octanol–water partition coefficient (Wildman–Crippen LogP) is 4.78. The minimum absolute atomic E-state index is 0.427. The van der Waals surface area contributed by atoms with Crippen LogP contribution < -0.4 is 5.32 Å². The van der Waals surface area contributed by atoms with Crippen molar-refractivity contribution in [2.45, 2.75) is 91.7 Å². The van der Waals surface area contributed by atoms with Gasteiger partial charge in [0.2, 0.25) is 0 Å². The van der Waals surface area contributed by atoms with E-state index in [1.54, 1.807) is 0 Å². The van der Waals surface area contributed by atoms with Gasteiger partial charge in [-0.15, -0.1) is 0 Å². The number of hydrogen-bond donors (Lipinski definition) is 1. The largest absolute Gasteiger partial charge is 0.377 e. The molecule has 20 heavy (non-hydrogen) atoms. The zero-order valence-electron chi connectivity index (χ0n) is 14.5. The van der Waals surface area contributed by atoms with Crippen molar-refractivity contribution in [1.29, 1.82) is 0 Å². The molecule has 1 rings (SSSR count). The Hall–Kier alpha value is -0.0800. The molecule has 0 saturated heterocycles. The van der Waals surface area contributed by atoms with Gasteiger partial charge in [0.05, 0.1) is 6.10 Å². The molecular formula is C18H37NO. The molecule has 3 unspecified atom stereocenters. The average molecular weight is 284 g/mol. The van der Waals surface area contributed by atoms with Crippen LogP contribution in [-0.2, 0) is 4.74 Å². The second-order valence-corrected chi connectivity index (χ2v) is 7.13. The Morgan fingerprint density at radius 1 is 1.10 bits per heavy atom. The molecule has 1 aliphatic rings. The van der Waals surface area contributed by atoms with Crippen LogP contribution >= 0.6 is 0 Å². The molecule has 0 aromatic carbocycles. The molecule has 0 aromatic heterocycles. The van der Waals surface area contributed by atoms with E-state index in [4.69, 9.17) is 4.74 Å². The first-order valence-corrected chi connectivity index (χ1v) is 8.90. The van der Waals surface area contributed by atoms with Gasteiger partial charge in [-0.1, -0.05) is 53.9 Å². The Morgan fingerprint density at radius 3 is 2.45 bits per heavy atom. The van der Waals surface area contributed by atoms with Crippen LogP contribution in [0.25, 0.3) is 0 Å². The third-order valence-corrected chi connectivity index (χ3v) is 5.35. The van der Waals surface area contributed by atoms with E-state index >= 15 is 0 Å². The maximum absolute atomic E-state index is 6.26. The second-order valence-electron chi connectivity index (χ2n) is 7.13. The van der Waals surface area contributed by atoms with Crippen LogP contribution in [0.15, 0.2) is 0 Å². The summed E-state index contributed by atoms with van der Waals surface area (Å²) in [6.45, 7) is 13.6. The minimum atomic E-state index is 0.427. The van der Waals surface area contributed by atoms with Crippen LogP contribution in [0, 0.1) is 11.3 Å². The summed E-state index contributed by atoms with van der Waals surface area (Å²) in [6.07, 6.45) is 9.35. The monoisotopic (exact) mass is 283 g/mol. The lowest BCUT2D eigenvalue weighted by atomic mass is 9.68. The van der Waals surface area contributed by atoms with E-state index < -0.39 is 0 Å². The van der Waals surface area contributed by atoms with Gasteiger partial charge < -0.3 is 10.1 Å². The maximum atomic E-state index is 6.26. The fourth-order valence-corrected chi connectivity index (χ4v) is 3.39. The smallest absolute Gasteiger partial charge is 0.0730 e. The van der Waals surface area contributed by atoms with Crippen molar-refractivity contribution < 1.29 is 4.74 Å². The van der Waals surface area contributed by atoms with Crippen LogP contribution in [0.2, 0.25) is 0 Å². The van der Waals surface area contributed by atoms with Crippen molar-refractivity contribution in [3.63, 3.8) is 0 Å². The summed E-state index contributed by atoms with van der Waals surface area (Å²) in [5.74, 6) is 0.818. The van der Waals surface area contributed by atoms with Crippen LogP contribution in [0.4, 0.5) is 0 Å². The van der Waals surface area contributed by atoms with E-state index in [0.29, 0.717) is 17.6 Å². The molecule has 120 valence electrons. The summed E-state index contributed by atoms with van der Waals surface area (Å²) < 4.78 is 6.26. The molecule has 1 saturated carbocycles. The Labute approximate surface area is 127 Å². The molecule has 0 amide bonds. The van der Waals surface area contributed by atoms with Gasteiger partial charge in [-0.05, 0) is 43.6 Å². The molecule has 0 aromatic rings. The summed E-state index contributed by atoms with van der Waals surface area (Å²) in [6, 6.07) is 0.575. The van der Waals surface area contributed by atoms with Crippen LogP contribution in [0.1, 0.15) is 79.6 Å². The van der Waals surface area contributed by atoms with Crippen molar-refractivity contribution in [2.75, 3.05) is 13.2 Å². The van der Waals surface area contributed by atoms with Crippen molar-refractivity contribution in [3.05, 3.63) is 0 Å². The molecule has 2 heteroatoms. The fraction of sp³-hybridized carbons (Fsp3) is 1.00. The first kappa shape index (κ1) is 18.0. The van der Waals surface area contributed by atoms with Gasteiger partial charge in [-0.3, -0.25) is 0 Å². The van der Waals surface area contributed by atoms with Crippen molar-refractivity contribution >= 4 is 0 Å². The predicted molar refractivity (Wildman–Crippen MR) is 88.1 cm³/mol. The molecule has 0 heterocycles. The average Bonchev–Trinajstić information content (AvgIpc) is 2.45. The first-order valence-electron chi connectivity index (χ1n) is 8.90. The fourth-order valence-electron chi connectivity index (χ4n) is 3.39. The zero-order chi connectivity index (χ0) is 15.0. The van der Waals surface area contributed by atoms with Gasteiger partial charge in [0, 0.05) is 12.6 Å². The molecule has 1 fully saturated rings. The highest BCUT2D eigenvalue weighted by molar-refractivity contribution is 4.90. The first-order chi connectivity index (χ1) is 9.55. The summed E-state index contributed by atoms with van der Waals surface area (Å²) in [7, 11) is 0. The molecule has 3 atom stereocenters. The number of unbranched alkanes of at least 4 members (excludes halogenated alkanes) is 2. The highest BCUT2D eigenvalue weighted by Gasteiger charge is 2.37. The van der Waals surface area contributed by atoms with Crippen LogP contribution in [-0.4, -0.2) is 25.3 Å². The van der Waals surface area contributed by atoms with Crippen molar-refractivity contribution in [1.82, 2.24) is 5.32 Å². The van der Waals surface area contributed by atoms with Gasteiger partial charge in [0.25, 0.3) is 0 Å². The lowest BCUT2D eigenvalue weighted by molar-refractivity contribution is -0.0318. The quantitative estimate of drug-likeness (QED) is 0.615. The molecule has 0 bridgehead atoms. The SMILES string of the molecule is CCCCCOC1CC(C(C)(C)CC)CCC1NCC. The van der Waals surface area contributed by atoms with Gasteiger partial charge in [-0.25, -0.2) is 0 Å². The van der Waals surface area contributed by atoms with Crippen LogP contribution in [0.3, 0.4) is 0 Å². The number of hydrogen-bond acceptors (Lipinski definition) is 2. The molecule has 2 nitrogen and oxygen atoms in total. The highest BCUT2D eigenvalue weighted by Crippen LogP contribution is 2.41. The Bertz CT molecular complexity index is 252. The van der Waals surface area contributed by atoms with E-state index in [0.717, 1.165) is 19.1 Å². The van der Waals surface area contributed by atoms with E-state index in [-0.39, 0.29) is 0 Å². The zero-order valence-corrected chi connectivity index (χ0v) is 14.5. The lowest BCUT2D eigenvalue weighted by Crippen LogP contribution is -2.47. The van der Waals surface area contributed by atoms with Crippen molar-refractivity contribution in [2.24, 2.45) is 11.3 Å². The molecule has 0 spiro atoms. The highest BCUT2D eigenvalue weighted by atomic mass is 16.5. The Kier molecular flexibility index (Phi) is 8.13. The number of likely N-dealkylation sites (N-methyl/N-ethyl adjacent to an activating group) is 1. The molecule has 0 aliphatic heterocycles. The van der Waals surface area contributed by atoms with Crippen LogP contribution in [0.5, 0.6) is 0 Å². The minimum Gasteiger partial charge on any atom is -0.377 e. The van der Waals surface area contributed by atoms with E-state index in [1.807, 2.05) is 0 Å². The summed E-state index contributed by atoms with van der Waals surface area (Å²) >= 11 is 0. The van der Waals surface area contributed by atoms with E-state index in [1.165, 1.54) is 44.9 Å². The topological polar surface area (TPSA) is 21.3 Å². The molecule has 1 N–H and O–H groups in total. The van der Waals surface area contributed by atoms with Gasteiger partial charge >= 0.3 is 0 Å². The second kappa shape index (κ2) is 9.04. The molecule has 1 aliphatic carbocycles. The number of ether oxygens (including phenoxy) is 1. The lowest BCUT2D eigenvalue weighted by Gasteiger charge is -2.43. The summed E-state index contributed by atoms with van der Waals surface area (Å²) in [5.41, 5.74) is 0.461. The summed E-state index contributed by atoms with van der Waals surface area (Å²) in [5, 5.41) is 3.64.